The topological polar surface area (TPSA) is 37.8 Å². The molecule has 1 unspecified atom stereocenters. The molecule has 106 valence electrons. The molecule has 1 aromatic carbocycles. The van der Waals surface area contributed by atoms with Gasteiger partial charge in [-0.3, -0.25) is 0 Å². The van der Waals surface area contributed by atoms with Crippen molar-refractivity contribution in [1.82, 2.24) is 15.3 Å². The Bertz CT molecular complexity index is 584. The van der Waals surface area contributed by atoms with Crippen LogP contribution in [0.1, 0.15) is 42.0 Å². The lowest BCUT2D eigenvalue weighted by molar-refractivity contribution is 0.537. The van der Waals surface area contributed by atoms with E-state index < -0.39 is 0 Å². The van der Waals surface area contributed by atoms with Crippen molar-refractivity contribution in [3.63, 3.8) is 0 Å². The van der Waals surface area contributed by atoms with Crippen LogP contribution in [-0.4, -0.2) is 16.5 Å². The lowest BCUT2D eigenvalue weighted by Crippen LogP contribution is -2.25. The Balaban J connectivity index is 2.44. The monoisotopic (exact) mass is 273 g/mol. The zero-order valence-electron chi connectivity index (χ0n) is 12.2. The van der Waals surface area contributed by atoms with Gasteiger partial charge in [0.1, 0.15) is 11.6 Å². The zero-order chi connectivity index (χ0) is 14.5. The number of benzene rings is 1. The number of halogens is 1. The van der Waals surface area contributed by atoms with Gasteiger partial charge in [0.2, 0.25) is 0 Å². The maximum atomic E-state index is 14.1. The second-order valence-electron chi connectivity index (χ2n) is 4.94. The summed E-state index contributed by atoms with van der Waals surface area (Å²) in [4.78, 5) is 8.54. The normalized spacial score (nSPS) is 12.4. The van der Waals surface area contributed by atoms with Crippen molar-refractivity contribution in [1.29, 1.82) is 0 Å². The Hall–Kier alpha value is -1.81. The molecule has 1 N–H and O–H groups in total. The Morgan fingerprint density at radius 1 is 1.25 bits per heavy atom. The quantitative estimate of drug-likeness (QED) is 0.908. The van der Waals surface area contributed by atoms with E-state index >= 15 is 0 Å². The van der Waals surface area contributed by atoms with Gasteiger partial charge in [0, 0.05) is 11.8 Å². The molecule has 0 aliphatic rings. The molecule has 0 radical (unpaired) electrons. The van der Waals surface area contributed by atoms with Gasteiger partial charge in [0.25, 0.3) is 0 Å². The lowest BCUT2D eigenvalue weighted by atomic mass is 10.0. The average Bonchev–Trinajstić information content (AvgIpc) is 2.43. The van der Waals surface area contributed by atoms with Gasteiger partial charge in [-0.05, 0) is 38.9 Å². The third kappa shape index (κ3) is 3.39. The highest BCUT2D eigenvalue weighted by atomic mass is 19.1. The van der Waals surface area contributed by atoms with E-state index in [0.29, 0.717) is 11.4 Å². The predicted octanol–water partition coefficient (Wildman–Crippen LogP) is 3.32. The van der Waals surface area contributed by atoms with Crippen molar-refractivity contribution in [3.8, 4) is 0 Å². The van der Waals surface area contributed by atoms with Gasteiger partial charge in [0.05, 0.1) is 11.7 Å². The minimum Gasteiger partial charge on any atom is -0.305 e. The lowest BCUT2D eigenvalue weighted by Gasteiger charge is -2.20. The summed E-state index contributed by atoms with van der Waals surface area (Å²) in [5, 5.41) is 3.37. The molecule has 20 heavy (non-hydrogen) atoms. The zero-order valence-corrected chi connectivity index (χ0v) is 12.2. The van der Waals surface area contributed by atoms with Crippen LogP contribution in [0.4, 0.5) is 4.39 Å². The van der Waals surface area contributed by atoms with Gasteiger partial charge in [-0.25, -0.2) is 14.4 Å². The molecule has 0 saturated carbocycles. The molecule has 2 aromatic rings. The number of nitrogens with one attached hydrogen (secondary N) is 1. The summed E-state index contributed by atoms with van der Waals surface area (Å²) in [5.74, 6) is 0.485. The van der Waals surface area contributed by atoms with Crippen LogP contribution in [0.2, 0.25) is 0 Å². The maximum absolute atomic E-state index is 14.1. The summed E-state index contributed by atoms with van der Waals surface area (Å²) in [6.07, 6.45) is 2.69. The van der Waals surface area contributed by atoms with Gasteiger partial charge in [0.15, 0.2) is 0 Å². The SMILES string of the molecule is CCCNC(c1ccnc(C)n1)c1cc(C)ccc1F. The summed E-state index contributed by atoms with van der Waals surface area (Å²) in [6.45, 7) is 6.70. The van der Waals surface area contributed by atoms with Crippen LogP contribution in [0.15, 0.2) is 30.5 Å². The van der Waals surface area contributed by atoms with Crippen molar-refractivity contribution in [2.75, 3.05) is 6.54 Å². The van der Waals surface area contributed by atoms with Crippen LogP contribution in [0.5, 0.6) is 0 Å². The molecule has 4 heteroatoms. The molecule has 0 bridgehead atoms. The number of rotatable bonds is 5. The largest absolute Gasteiger partial charge is 0.305 e. The van der Waals surface area contributed by atoms with Crippen molar-refractivity contribution in [2.24, 2.45) is 0 Å². The van der Waals surface area contributed by atoms with E-state index in [1.807, 2.05) is 26.0 Å². The standard InChI is InChI=1S/C16H20FN3/c1-4-8-19-16(15-7-9-18-12(3)20-15)13-10-11(2)5-6-14(13)17/h5-7,9-10,16,19H,4,8H2,1-3H3. The fraction of sp³-hybridized carbons (Fsp3) is 0.375. The first-order valence-corrected chi connectivity index (χ1v) is 6.90. The van der Waals surface area contributed by atoms with E-state index in [2.05, 4.69) is 22.2 Å². The van der Waals surface area contributed by atoms with Crippen LogP contribution < -0.4 is 5.32 Å². The molecular formula is C16H20FN3. The second-order valence-corrected chi connectivity index (χ2v) is 4.94. The van der Waals surface area contributed by atoms with Gasteiger partial charge in [-0.2, -0.15) is 0 Å². The van der Waals surface area contributed by atoms with Crippen LogP contribution in [0.3, 0.4) is 0 Å². The fourth-order valence-electron chi connectivity index (χ4n) is 2.18. The maximum Gasteiger partial charge on any atom is 0.128 e. The number of aromatic nitrogens is 2. The highest BCUT2D eigenvalue weighted by Gasteiger charge is 2.19. The Morgan fingerprint density at radius 3 is 2.75 bits per heavy atom. The first-order chi connectivity index (χ1) is 9.61. The van der Waals surface area contributed by atoms with Gasteiger partial charge in [-0.15, -0.1) is 0 Å². The van der Waals surface area contributed by atoms with E-state index in [0.717, 1.165) is 24.2 Å². The second kappa shape index (κ2) is 6.57. The molecule has 1 aromatic heterocycles. The smallest absolute Gasteiger partial charge is 0.128 e. The molecule has 1 atom stereocenters. The molecule has 0 aliphatic heterocycles. The third-order valence-corrected chi connectivity index (χ3v) is 3.15. The Morgan fingerprint density at radius 2 is 2.05 bits per heavy atom. The Kier molecular flexibility index (Phi) is 4.79. The summed E-state index contributed by atoms with van der Waals surface area (Å²) < 4.78 is 14.1. The van der Waals surface area contributed by atoms with Crippen molar-refractivity contribution >= 4 is 0 Å². The number of hydrogen-bond donors (Lipinski definition) is 1. The summed E-state index contributed by atoms with van der Waals surface area (Å²) in [7, 11) is 0. The average molecular weight is 273 g/mol. The fourth-order valence-corrected chi connectivity index (χ4v) is 2.18. The molecule has 0 amide bonds. The molecule has 1 heterocycles. The molecule has 0 saturated heterocycles. The summed E-state index contributed by atoms with van der Waals surface area (Å²) in [6, 6.07) is 6.76. The number of nitrogens with zero attached hydrogens (tertiary/aromatic N) is 2. The highest BCUT2D eigenvalue weighted by Crippen LogP contribution is 2.24. The van der Waals surface area contributed by atoms with E-state index in [-0.39, 0.29) is 11.9 Å². The number of hydrogen-bond acceptors (Lipinski definition) is 3. The first kappa shape index (κ1) is 14.6. The minimum absolute atomic E-state index is 0.208. The van der Waals surface area contributed by atoms with E-state index in [1.54, 1.807) is 12.3 Å². The van der Waals surface area contributed by atoms with Crippen LogP contribution in [0, 0.1) is 19.7 Å². The molecule has 0 fully saturated rings. The molecule has 0 spiro atoms. The van der Waals surface area contributed by atoms with E-state index in [1.165, 1.54) is 6.07 Å². The Labute approximate surface area is 119 Å². The van der Waals surface area contributed by atoms with Gasteiger partial charge in [-0.1, -0.05) is 24.6 Å². The third-order valence-electron chi connectivity index (χ3n) is 3.15. The summed E-state index contributed by atoms with van der Waals surface area (Å²) in [5.41, 5.74) is 2.47. The van der Waals surface area contributed by atoms with Crippen molar-refractivity contribution < 1.29 is 4.39 Å². The minimum atomic E-state index is -0.239. The van der Waals surface area contributed by atoms with Crippen LogP contribution >= 0.6 is 0 Å². The van der Waals surface area contributed by atoms with Gasteiger partial charge < -0.3 is 5.32 Å². The van der Waals surface area contributed by atoms with Crippen LogP contribution in [-0.2, 0) is 0 Å². The predicted molar refractivity (Wildman–Crippen MR) is 78.0 cm³/mol. The number of aryl methyl sites for hydroxylation is 2. The van der Waals surface area contributed by atoms with E-state index in [9.17, 15) is 4.39 Å². The molecule has 0 aliphatic carbocycles. The first-order valence-electron chi connectivity index (χ1n) is 6.90. The van der Waals surface area contributed by atoms with Crippen molar-refractivity contribution in [3.05, 3.63) is 58.9 Å². The van der Waals surface area contributed by atoms with Crippen LogP contribution in [0.25, 0.3) is 0 Å². The van der Waals surface area contributed by atoms with Crippen molar-refractivity contribution in [2.45, 2.75) is 33.2 Å². The highest BCUT2D eigenvalue weighted by molar-refractivity contribution is 5.32. The molecule has 2 rings (SSSR count). The summed E-state index contributed by atoms with van der Waals surface area (Å²) >= 11 is 0. The van der Waals surface area contributed by atoms with Gasteiger partial charge >= 0.3 is 0 Å². The van der Waals surface area contributed by atoms with E-state index in [4.69, 9.17) is 0 Å². The molecular weight excluding hydrogens is 253 g/mol. The molecule has 3 nitrogen and oxygen atoms in total.